The molecule has 0 aromatic heterocycles. The molecule has 1 saturated heterocycles. The van der Waals surface area contributed by atoms with Crippen molar-refractivity contribution in [1.82, 2.24) is 15.5 Å². The van der Waals surface area contributed by atoms with E-state index in [9.17, 15) is 8.78 Å². The molecule has 1 heterocycles. The van der Waals surface area contributed by atoms with Gasteiger partial charge in [0.2, 0.25) is 0 Å². The molecule has 0 saturated carbocycles. The fraction of sp³-hybridized carbons (Fsp3) is 0.632. The first-order valence-corrected chi connectivity index (χ1v) is 9.35. The molecule has 6 nitrogen and oxygen atoms in total. The third kappa shape index (κ3) is 8.04. The van der Waals surface area contributed by atoms with Crippen molar-refractivity contribution >= 4 is 29.9 Å². The highest BCUT2D eigenvalue weighted by Gasteiger charge is 2.23. The van der Waals surface area contributed by atoms with E-state index in [4.69, 9.17) is 9.47 Å². The van der Waals surface area contributed by atoms with Crippen molar-refractivity contribution in [1.29, 1.82) is 0 Å². The lowest BCUT2D eigenvalue weighted by Crippen LogP contribution is -2.52. The largest absolute Gasteiger partial charge is 0.492 e. The molecule has 28 heavy (non-hydrogen) atoms. The van der Waals surface area contributed by atoms with Gasteiger partial charge in [-0.3, -0.25) is 9.89 Å². The molecule has 1 unspecified atom stereocenters. The van der Waals surface area contributed by atoms with Crippen LogP contribution in [-0.2, 0) is 4.74 Å². The number of guanidine groups is 1. The zero-order valence-electron chi connectivity index (χ0n) is 16.7. The van der Waals surface area contributed by atoms with Crippen molar-refractivity contribution in [3.8, 4) is 5.75 Å². The van der Waals surface area contributed by atoms with Crippen molar-refractivity contribution < 1.29 is 18.3 Å². The number of nitrogens with zero attached hydrogens (tertiary/aromatic N) is 2. The van der Waals surface area contributed by atoms with Gasteiger partial charge in [0.05, 0.1) is 19.8 Å². The lowest BCUT2D eigenvalue weighted by Gasteiger charge is -2.37. The minimum Gasteiger partial charge on any atom is -0.492 e. The Balaban J connectivity index is 0.00000392. The number of halogens is 3. The van der Waals surface area contributed by atoms with Crippen LogP contribution in [-0.4, -0.2) is 69.9 Å². The van der Waals surface area contributed by atoms with E-state index in [1.54, 1.807) is 7.05 Å². The summed E-state index contributed by atoms with van der Waals surface area (Å²) in [6, 6.07) is 3.89. The number of benzene rings is 1. The topological polar surface area (TPSA) is 58.1 Å². The van der Waals surface area contributed by atoms with Crippen LogP contribution in [0, 0.1) is 17.6 Å². The first kappa shape index (κ1) is 24.8. The average molecular weight is 512 g/mol. The molecule has 1 aromatic rings. The third-order valence-corrected chi connectivity index (χ3v) is 4.54. The number of ether oxygens (including phenoxy) is 2. The molecule has 1 aliphatic rings. The van der Waals surface area contributed by atoms with Gasteiger partial charge < -0.3 is 20.1 Å². The van der Waals surface area contributed by atoms with Crippen molar-refractivity contribution in [2.24, 2.45) is 10.9 Å². The average Bonchev–Trinajstić information content (AvgIpc) is 2.67. The molecule has 1 aromatic carbocycles. The van der Waals surface area contributed by atoms with Crippen LogP contribution in [0.25, 0.3) is 0 Å². The number of morpholine rings is 1. The van der Waals surface area contributed by atoms with Crippen molar-refractivity contribution in [2.45, 2.75) is 19.9 Å². The third-order valence-electron chi connectivity index (χ3n) is 4.54. The summed E-state index contributed by atoms with van der Waals surface area (Å²) < 4.78 is 36.9. The summed E-state index contributed by atoms with van der Waals surface area (Å²) in [6.07, 6.45) is 0. The second kappa shape index (κ2) is 13.1. The Kier molecular flexibility index (Phi) is 11.6. The Morgan fingerprint density at radius 2 is 1.93 bits per heavy atom. The van der Waals surface area contributed by atoms with Crippen LogP contribution in [0.3, 0.4) is 0 Å². The zero-order valence-corrected chi connectivity index (χ0v) is 19.0. The first-order chi connectivity index (χ1) is 13.0. The number of hydrogen-bond donors (Lipinski definition) is 2. The molecule has 0 amide bonds. The van der Waals surface area contributed by atoms with Gasteiger partial charge in [-0.05, 0) is 18.1 Å². The van der Waals surface area contributed by atoms with Gasteiger partial charge in [-0.25, -0.2) is 8.78 Å². The minimum absolute atomic E-state index is 0. The van der Waals surface area contributed by atoms with Crippen LogP contribution < -0.4 is 15.4 Å². The van der Waals surface area contributed by atoms with Crippen molar-refractivity contribution in [3.05, 3.63) is 29.8 Å². The Labute approximate surface area is 183 Å². The molecular formula is C19H31F2IN4O2. The van der Waals surface area contributed by atoms with Gasteiger partial charge in [0.15, 0.2) is 17.6 Å². The van der Waals surface area contributed by atoms with E-state index in [0.717, 1.165) is 45.0 Å². The van der Waals surface area contributed by atoms with Crippen LogP contribution >= 0.6 is 24.0 Å². The predicted octanol–water partition coefficient (Wildman–Crippen LogP) is 2.48. The van der Waals surface area contributed by atoms with E-state index in [2.05, 4.69) is 34.4 Å². The molecule has 0 spiro atoms. The monoisotopic (exact) mass is 512 g/mol. The molecule has 2 N–H and O–H groups in total. The highest BCUT2D eigenvalue weighted by molar-refractivity contribution is 14.0. The Morgan fingerprint density at radius 1 is 1.21 bits per heavy atom. The maximum atomic E-state index is 13.2. The van der Waals surface area contributed by atoms with Gasteiger partial charge in [-0.2, -0.15) is 0 Å². The lowest BCUT2D eigenvalue weighted by molar-refractivity contribution is 0.00752. The van der Waals surface area contributed by atoms with Gasteiger partial charge in [0.25, 0.3) is 0 Å². The van der Waals surface area contributed by atoms with Crippen LogP contribution in [0.1, 0.15) is 13.8 Å². The van der Waals surface area contributed by atoms with Crippen LogP contribution in [0.4, 0.5) is 8.78 Å². The fourth-order valence-electron chi connectivity index (χ4n) is 3.02. The molecule has 1 fully saturated rings. The second-order valence-corrected chi connectivity index (χ2v) is 6.76. The van der Waals surface area contributed by atoms with Crippen molar-refractivity contribution in [3.63, 3.8) is 0 Å². The van der Waals surface area contributed by atoms with Crippen LogP contribution in [0.15, 0.2) is 23.2 Å². The SMILES string of the molecule is CN=C(NCCOc1ccc(F)c(F)c1)NCC(C(C)C)N1CCOCC1.I. The predicted molar refractivity (Wildman–Crippen MR) is 118 cm³/mol. The van der Waals surface area contributed by atoms with Crippen LogP contribution in [0.2, 0.25) is 0 Å². The van der Waals surface area contributed by atoms with Crippen molar-refractivity contribution in [2.75, 3.05) is 53.0 Å². The van der Waals surface area contributed by atoms with Crippen LogP contribution in [0.5, 0.6) is 5.75 Å². The first-order valence-electron chi connectivity index (χ1n) is 9.35. The summed E-state index contributed by atoms with van der Waals surface area (Å²) in [6.45, 7) is 9.44. The molecule has 1 atom stereocenters. The molecular weight excluding hydrogens is 481 g/mol. The molecule has 0 bridgehead atoms. The number of nitrogens with one attached hydrogen (secondary N) is 2. The highest BCUT2D eigenvalue weighted by atomic mass is 127. The maximum Gasteiger partial charge on any atom is 0.191 e. The van der Waals surface area contributed by atoms with E-state index in [1.165, 1.54) is 6.07 Å². The van der Waals surface area contributed by atoms with E-state index >= 15 is 0 Å². The smallest absolute Gasteiger partial charge is 0.191 e. The molecule has 2 rings (SSSR count). The van der Waals surface area contributed by atoms with Gasteiger partial charge in [-0.1, -0.05) is 13.8 Å². The summed E-state index contributed by atoms with van der Waals surface area (Å²) in [7, 11) is 1.71. The number of hydrogen-bond acceptors (Lipinski definition) is 4. The van der Waals surface area contributed by atoms with Gasteiger partial charge >= 0.3 is 0 Å². The molecule has 0 radical (unpaired) electrons. The minimum atomic E-state index is -0.916. The second-order valence-electron chi connectivity index (χ2n) is 6.76. The fourth-order valence-corrected chi connectivity index (χ4v) is 3.02. The Hall–Kier alpha value is -1.20. The number of rotatable bonds is 8. The van der Waals surface area contributed by atoms with Gasteiger partial charge in [0.1, 0.15) is 12.4 Å². The molecule has 1 aliphatic heterocycles. The summed E-state index contributed by atoms with van der Waals surface area (Å²) in [5.74, 6) is -0.315. The molecule has 160 valence electrons. The van der Waals surface area contributed by atoms with E-state index in [1.807, 2.05) is 0 Å². The summed E-state index contributed by atoms with van der Waals surface area (Å²) in [5.41, 5.74) is 0. The summed E-state index contributed by atoms with van der Waals surface area (Å²) in [4.78, 5) is 6.67. The quantitative estimate of drug-likeness (QED) is 0.243. The summed E-state index contributed by atoms with van der Waals surface area (Å²) >= 11 is 0. The zero-order chi connectivity index (χ0) is 19.6. The lowest BCUT2D eigenvalue weighted by atomic mass is 10.0. The number of aliphatic imine (C=N–C) groups is 1. The summed E-state index contributed by atoms with van der Waals surface area (Å²) in [5, 5.41) is 6.52. The highest BCUT2D eigenvalue weighted by Crippen LogP contribution is 2.15. The van der Waals surface area contributed by atoms with E-state index in [-0.39, 0.29) is 24.0 Å². The van der Waals surface area contributed by atoms with Gasteiger partial charge in [-0.15, -0.1) is 24.0 Å². The Bertz CT molecular complexity index is 614. The standard InChI is InChI=1S/C19H30F2N4O2.HI/c1-14(2)18(25-7-10-26-11-8-25)13-24-19(22-3)23-6-9-27-15-4-5-16(20)17(21)12-15;/h4-5,12,14,18H,6-11,13H2,1-3H3,(H2,22,23,24);1H. The molecule has 9 heteroatoms. The molecule has 0 aliphatic carbocycles. The van der Waals surface area contributed by atoms with E-state index < -0.39 is 11.6 Å². The maximum absolute atomic E-state index is 13.2. The van der Waals surface area contributed by atoms with Gasteiger partial charge in [0, 0.05) is 38.8 Å². The normalized spacial score (nSPS) is 16.4. The van der Waals surface area contributed by atoms with E-state index in [0.29, 0.717) is 36.8 Å². The Morgan fingerprint density at radius 3 is 2.54 bits per heavy atom.